The molecule has 6 heterocycles. The van der Waals surface area contributed by atoms with Crippen LogP contribution in [0.2, 0.25) is 0 Å². The number of methoxy groups -OCH3 is 1. The topological polar surface area (TPSA) is 176 Å². The van der Waals surface area contributed by atoms with Crippen LogP contribution in [0.3, 0.4) is 0 Å². The molecule has 2 fully saturated rings. The first-order valence-electron chi connectivity index (χ1n) is 20.1. The molecule has 0 bridgehead atoms. The number of para-hydroxylation sites is 1. The molecule has 1 unspecified atom stereocenters. The van der Waals surface area contributed by atoms with Gasteiger partial charge in [-0.3, -0.25) is 23.6 Å². The Labute approximate surface area is 351 Å². The van der Waals surface area contributed by atoms with Gasteiger partial charge >= 0.3 is 5.69 Å². The summed E-state index contributed by atoms with van der Waals surface area (Å²) in [5.74, 6) is 0.685. The fourth-order valence-electron chi connectivity index (χ4n) is 7.88. The number of ether oxygens (including phenoxy) is 1. The Morgan fingerprint density at radius 1 is 0.885 bits per heavy atom. The minimum absolute atomic E-state index is 0.188. The number of hydrogen-bond acceptors (Lipinski definition) is 12. The van der Waals surface area contributed by atoms with Crippen molar-refractivity contribution in [3.63, 3.8) is 0 Å². The average Bonchev–Trinajstić information content (AvgIpc) is 3.51. The van der Waals surface area contributed by atoms with E-state index in [2.05, 4.69) is 69.7 Å². The number of halogens is 1. The van der Waals surface area contributed by atoms with E-state index in [0.29, 0.717) is 58.4 Å². The number of amides is 2. The number of allylic oxidation sites excluding steroid dienone is 1. The first-order chi connectivity index (χ1) is 29.6. The number of nitrogens with zero attached hydrogens (tertiary/aromatic N) is 8. The number of carbonyl (C=O) groups excluding carboxylic acids is 2. The van der Waals surface area contributed by atoms with Crippen molar-refractivity contribution in [3.8, 4) is 17.1 Å². The fraction of sp³-hybridized carbons (Fsp3) is 0.295. The van der Waals surface area contributed by atoms with Crippen LogP contribution in [0.1, 0.15) is 40.4 Å². The Kier molecular flexibility index (Phi) is 11.8. The third-order valence-electron chi connectivity index (χ3n) is 11.2. The maximum absolute atomic E-state index is 13.5. The standard InChI is InChI=1S/C44H47FN12O4/c1-27-8-11-36(43(59)51-27)57-35-12-9-28(20-37(35)54(3)44(57)60)14-15-55-16-18-56(19-17-55)26-29-10-13-38(47-22-29)53-39-21-34(32(25-48-39)42(58)46-2)52-33-7-5-6-31(40(33)61-4)41-49-23-30(45)24-50-41/h5-7,9-10,12-13,20-25,36H,1,8,11,14-19,26H2,2-4H3,(H,46,58)(H,51,59)(H2,47,48,52,53). The van der Waals surface area contributed by atoms with Crippen LogP contribution in [0.5, 0.6) is 5.75 Å². The van der Waals surface area contributed by atoms with Crippen molar-refractivity contribution in [3.05, 3.63) is 125 Å². The molecule has 8 rings (SSSR count). The van der Waals surface area contributed by atoms with Crippen LogP contribution < -0.4 is 31.7 Å². The molecule has 6 aromatic rings. The quantitative estimate of drug-likeness (QED) is 0.124. The first kappa shape index (κ1) is 40.8. The molecule has 0 saturated carbocycles. The highest BCUT2D eigenvalue weighted by atomic mass is 19.1. The monoisotopic (exact) mass is 826 g/mol. The predicted molar refractivity (Wildman–Crippen MR) is 231 cm³/mol. The van der Waals surface area contributed by atoms with Crippen LogP contribution in [-0.2, 0) is 24.8 Å². The summed E-state index contributed by atoms with van der Waals surface area (Å²) in [6.07, 6.45) is 7.58. The van der Waals surface area contributed by atoms with Gasteiger partial charge in [0.2, 0.25) is 5.91 Å². The number of carbonyl (C=O) groups is 2. The van der Waals surface area contributed by atoms with E-state index < -0.39 is 11.9 Å². The first-order valence-corrected chi connectivity index (χ1v) is 20.1. The lowest BCUT2D eigenvalue weighted by Gasteiger charge is -2.34. The highest BCUT2D eigenvalue weighted by molar-refractivity contribution is 6.00. The predicted octanol–water partition coefficient (Wildman–Crippen LogP) is 4.91. The molecular weight excluding hydrogens is 780 g/mol. The number of aromatic nitrogens is 6. The number of anilines is 4. The zero-order chi connectivity index (χ0) is 42.6. The van der Waals surface area contributed by atoms with Crippen molar-refractivity contribution in [1.29, 1.82) is 0 Å². The molecule has 1 atom stereocenters. The lowest BCUT2D eigenvalue weighted by atomic mass is 10.0. The van der Waals surface area contributed by atoms with Crippen molar-refractivity contribution < 1.29 is 18.7 Å². The number of pyridine rings is 2. The molecule has 2 saturated heterocycles. The molecule has 0 spiro atoms. The van der Waals surface area contributed by atoms with Crippen molar-refractivity contribution >= 4 is 45.9 Å². The molecule has 17 heteroatoms. The number of imidazole rings is 1. The Hall–Kier alpha value is -6.98. The van der Waals surface area contributed by atoms with Crippen molar-refractivity contribution in [2.24, 2.45) is 7.05 Å². The number of nitrogens with one attached hydrogen (secondary N) is 4. The SMILES string of the molecule is C=C1CCC(n2c(=O)n(C)c3cc(CCN4CCN(Cc5ccc(Nc6cc(Nc7cccc(-c8ncc(F)cn8)c7OC)c(C(=O)NC)cn6)nc5)CC4)ccc32)C(=O)N1. The van der Waals surface area contributed by atoms with Gasteiger partial charge in [0, 0.05) is 77.5 Å². The van der Waals surface area contributed by atoms with E-state index in [1.807, 2.05) is 24.4 Å². The van der Waals surface area contributed by atoms with Gasteiger partial charge in [-0.05, 0) is 60.7 Å². The van der Waals surface area contributed by atoms with E-state index >= 15 is 0 Å². The van der Waals surface area contributed by atoms with Gasteiger partial charge in [-0.15, -0.1) is 0 Å². The minimum Gasteiger partial charge on any atom is -0.494 e. The molecule has 0 radical (unpaired) electrons. The van der Waals surface area contributed by atoms with E-state index in [9.17, 15) is 18.8 Å². The molecule has 2 aromatic carbocycles. The molecule has 314 valence electrons. The average molecular weight is 827 g/mol. The van der Waals surface area contributed by atoms with Crippen LogP contribution in [-0.4, -0.2) is 97.6 Å². The molecule has 2 aliphatic rings. The molecule has 16 nitrogen and oxygen atoms in total. The number of fused-ring (bicyclic) bond motifs is 1. The minimum atomic E-state index is -0.549. The van der Waals surface area contributed by atoms with Crippen LogP contribution in [0, 0.1) is 5.82 Å². The molecule has 4 N–H and O–H groups in total. The van der Waals surface area contributed by atoms with Gasteiger partial charge in [0.15, 0.2) is 17.4 Å². The van der Waals surface area contributed by atoms with Gasteiger partial charge in [-0.1, -0.05) is 24.8 Å². The van der Waals surface area contributed by atoms with Crippen LogP contribution in [0.15, 0.2) is 96.5 Å². The van der Waals surface area contributed by atoms with E-state index in [-0.39, 0.29) is 23.3 Å². The third kappa shape index (κ3) is 8.83. The summed E-state index contributed by atoms with van der Waals surface area (Å²) in [6.45, 7) is 9.27. The summed E-state index contributed by atoms with van der Waals surface area (Å²) in [5.41, 5.74) is 6.19. The van der Waals surface area contributed by atoms with Gasteiger partial charge in [-0.25, -0.2) is 29.1 Å². The van der Waals surface area contributed by atoms with Crippen LogP contribution in [0.4, 0.5) is 27.4 Å². The second kappa shape index (κ2) is 17.7. The van der Waals surface area contributed by atoms with E-state index in [1.165, 1.54) is 13.3 Å². The highest BCUT2D eigenvalue weighted by Gasteiger charge is 2.29. The normalized spacial score (nSPS) is 16.0. The number of benzene rings is 2. The maximum Gasteiger partial charge on any atom is 0.329 e. The van der Waals surface area contributed by atoms with Gasteiger partial charge in [0.25, 0.3) is 5.91 Å². The lowest BCUT2D eigenvalue weighted by Crippen LogP contribution is -2.46. The van der Waals surface area contributed by atoms with Gasteiger partial charge in [0.05, 0.1) is 53.0 Å². The summed E-state index contributed by atoms with van der Waals surface area (Å²) >= 11 is 0. The number of hydrogen-bond donors (Lipinski definition) is 4. The molecule has 0 aliphatic carbocycles. The summed E-state index contributed by atoms with van der Waals surface area (Å²) in [4.78, 5) is 61.0. The number of aryl methyl sites for hydroxylation is 1. The summed E-state index contributed by atoms with van der Waals surface area (Å²) in [6, 6.07) is 16.6. The van der Waals surface area contributed by atoms with E-state index in [4.69, 9.17) is 4.74 Å². The van der Waals surface area contributed by atoms with Gasteiger partial charge < -0.3 is 30.9 Å². The second-order valence-corrected chi connectivity index (χ2v) is 15.2. The van der Waals surface area contributed by atoms with Crippen molar-refractivity contribution in [1.82, 2.24) is 49.5 Å². The number of piperazine rings is 1. The largest absolute Gasteiger partial charge is 0.494 e. The zero-order valence-electron chi connectivity index (χ0n) is 34.2. The molecular formula is C44H47FN12O4. The van der Waals surface area contributed by atoms with Gasteiger partial charge in [0.1, 0.15) is 17.7 Å². The highest BCUT2D eigenvalue weighted by Crippen LogP contribution is 2.37. The van der Waals surface area contributed by atoms with E-state index in [0.717, 1.165) is 80.2 Å². The second-order valence-electron chi connectivity index (χ2n) is 15.2. The number of rotatable bonds is 13. The lowest BCUT2D eigenvalue weighted by molar-refractivity contribution is -0.124. The zero-order valence-corrected chi connectivity index (χ0v) is 34.2. The summed E-state index contributed by atoms with van der Waals surface area (Å²) < 4.78 is 22.5. The molecule has 2 amide bonds. The van der Waals surface area contributed by atoms with E-state index in [1.54, 1.807) is 47.5 Å². The Balaban J connectivity index is 0.863. The molecule has 4 aromatic heterocycles. The van der Waals surface area contributed by atoms with Crippen LogP contribution >= 0.6 is 0 Å². The van der Waals surface area contributed by atoms with Crippen molar-refractivity contribution in [2.75, 3.05) is 57.5 Å². The Morgan fingerprint density at radius 2 is 1.64 bits per heavy atom. The van der Waals surface area contributed by atoms with Crippen LogP contribution in [0.25, 0.3) is 22.4 Å². The number of piperidine rings is 1. The summed E-state index contributed by atoms with van der Waals surface area (Å²) in [7, 11) is 4.82. The Bertz CT molecular complexity index is 2660. The van der Waals surface area contributed by atoms with Gasteiger partial charge in [-0.2, -0.15) is 0 Å². The molecule has 61 heavy (non-hydrogen) atoms. The Morgan fingerprint density at radius 3 is 2.36 bits per heavy atom. The summed E-state index contributed by atoms with van der Waals surface area (Å²) in [5, 5.41) is 12.0. The third-order valence-corrected chi connectivity index (χ3v) is 11.2. The van der Waals surface area contributed by atoms with Crippen molar-refractivity contribution in [2.45, 2.75) is 31.8 Å². The fourth-order valence-corrected chi connectivity index (χ4v) is 7.88. The maximum atomic E-state index is 13.5. The molecule has 2 aliphatic heterocycles. The smallest absolute Gasteiger partial charge is 0.329 e.